The number of hydrogen-bond donors (Lipinski definition) is 1. The maximum Gasteiger partial charge on any atom is 0.193 e. The van der Waals surface area contributed by atoms with Crippen LogP contribution in [0.4, 0.5) is 0 Å². The predicted molar refractivity (Wildman–Crippen MR) is 135 cm³/mol. The Labute approximate surface area is 206 Å². The molecule has 1 N–H and O–H groups in total. The second kappa shape index (κ2) is 13.3. The fourth-order valence-electron chi connectivity index (χ4n) is 3.65. The van der Waals surface area contributed by atoms with Gasteiger partial charge >= 0.3 is 0 Å². The van der Waals surface area contributed by atoms with E-state index in [0.717, 1.165) is 81.3 Å². The molecule has 0 atom stereocenters. The molecule has 3 heterocycles. The van der Waals surface area contributed by atoms with Crippen LogP contribution in [0.15, 0.2) is 27.0 Å². The number of hydrogen-bond acceptors (Lipinski definition) is 7. The molecule has 31 heavy (non-hydrogen) atoms. The molecule has 0 radical (unpaired) electrons. The zero-order valence-corrected chi connectivity index (χ0v) is 22.1. The Bertz CT molecular complexity index is 787. The fraction of sp³-hybridized carbons (Fsp3) is 0.700. The van der Waals surface area contributed by atoms with Crippen LogP contribution in [0.3, 0.4) is 0 Å². The SMILES string of the molecule is CN=C(NCCCc1nnc(SC)n1CC(C)C)N1CCN(Cc2ccon2)CC1.I. The summed E-state index contributed by atoms with van der Waals surface area (Å²) < 4.78 is 7.19. The topological polar surface area (TPSA) is 87.6 Å². The van der Waals surface area contributed by atoms with E-state index in [1.165, 1.54) is 0 Å². The smallest absolute Gasteiger partial charge is 0.193 e. The molecule has 2 aromatic rings. The lowest BCUT2D eigenvalue weighted by Crippen LogP contribution is -2.52. The number of aliphatic imine (C=N–C) groups is 1. The first-order chi connectivity index (χ1) is 14.6. The van der Waals surface area contributed by atoms with Crippen molar-refractivity contribution in [3.8, 4) is 0 Å². The second-order valence-corrected chi connectivity index (χ2v) is 8.71. The molecule has 9 nitrogen and oxygen atoms in total. The zero-order chi connectivity index (χ0) is 21.3. The first-order valence-corrected chi connectivity index (χ1v) is 11.9. The van der Waals surface area contributed by atoms with Gasteiger partial charge in [0.15, 0.2) is 11.1 Å². The highest BCUT2D eigenvalue weighted by Gasteiger charge is 2.20. The maximum atomic E-state index is 4.93. The van der Waals surface area contributed by atoms with E-state index in [4.69, 9.17) is 4.52 Å². The molecule has 0 saturated carbocycles. The van der Waals surface area contributed by atoms with Crippen molar-refractivity contribution in [3.05, 3.63) is 23.8 Å². The van der Waals surface area contributed by atoms with E-state index in [1.807, 2.05) is 13.1 Å². The lowest BCUT2D eigenvalue weighted by atomic mass is 10.2. The Morgan fingerprint density at radius 2 is 2.03 bits per heavy atom. The molecule has 1 aliphatic heterocycles. The van der Waals surface area contributed by atoms with Crippen molar-refractivity contribution in [1.82, 2.24) is 35.0 Å². The van der Waals surface area contributed by atoms with Crippen molar-refractivity contribution in [2.75, 3.05) is 46.0 Å². The van der Waals surface area contributed by atoms with Gasteiger partial charge in [0.1, 0.15) is 12.1 Å². The highest BCUT2D eigenvalue weighted by Crippen LogP contribution is 2.16. The summed E-state index contributed by atoms with van der Waals surface area (Å²) in [5, 5.41) is 17.3. The van der Waals surface area contributed by atoms with Crippen molar-refractivity contribution in [3.63, 3.8) is 0 Å². The van der Waals surface area contributed by atoms with Crippen molar-refractivity contribution in [1.29, 1.82) is 0 Å². The van der Waals surface area contributed by atoms with Gasteiger partial charge < -0.3 is 19.3 Å². The number of thioether (sulfide) groups is 1. The number of aromatic nitrogens is 4. The standard InChI is InChI=1S/C20H34N8OS.HI/c1-16(2)14-28-18(23-24-20(28)30-4)6-5-8-22-19(21-3)27-11-9-26(10-12-27)15-17-7-13-29-25-17;/h7,13,16H,5-6,8-12,14-15H2,1-4H3,(H,21,22);1H. The van der Waals surface area contributed by atoms with Crippen molar-refractivity contribution in [2.24, 2.45) is 10.9 Å². The summed E-state index contributed by atoms with van der Waals surface area (Å²) in [6.07, 6.45) is 5.59. The Kier molecular flexibility index (Phi) is 11.1. The molecule has 0 aromatic carbocycles. The van der Waals surface area contributed by atoms with E-state index in [2.05, 4.69) is 60.1 Å². The number of halogens is 1. The van der Waals surface area contributed by atoms with Crippen LogP contribution in [-0.4, -0.2) is 81.7 Å². The van der Waals surface area contributed by atoms with Gasteiger partial charge in [0, 0.05) is 65.3 Å². The summed E-state index contributed by atoms with van der Waals surface area (Å²) >= 11 is 1.66. The number of aryl methyl sites for hydroxylation is 1. The minimum atomic E-state index is 0. The number of nitrogens with one attached hydrogen (secondary N) is 1. The van der Waals surface area contributed by atoms with Gasteiger partial charge in [-0.25, -0.2) is 0 Å². The van der Waals surface area contributed by atoms with E-state index in [1.54, 1.807) is 18.0 Å². The molecular weight excluding hydrogens is 527 g/mol. The minimum absolute atomic E-state index is 0. The van der Waals surface area contributed by atoms with Crippen LogP contribution in [0.25, 0.3) is 0 Å². The number of rotatable bonds is 9. The second-order valence-electron chi connectivity index (χ2n) is 7.94. The molecule has 1 aliphatic rings. The molecule has 11 heteroatoms. The van der Waals surface area contributed by atoms with Gasteiger partial charge in [-0.15, -0.1) is 34.2 Å². The molecule has 0 bridgehead atoms. The molecule has 174 valence electrons. The maximum absolute atomic E-state index is 4.93. The van der Waals surface area contributed by atoms with E-state index in [0.29, 0.717) is 5.92 Å². The van der Waals surface area contributed by atoms with Crippen molar-refractivity contribution in [2.45, 2.75) is 44.9 Å². The molecule has 0 amide bonds. The highest BCUT2D eigenvalue weighted by molar-refractivity contribution is 14.0. The van der Waals surface area contributed by atoms with Gasteiger partial charge in [0.05, 0.1) is 5.69 Å². The third-order valence-electron chi connectivity index (χ3n) is 5.14. The lowest BCUT2D eigenvalue weighted by molar-refractivity contribution is 0.169. The normalized spacial score (nSPS) is 15.4. The van der Waals surface area contributed by atoms with Gasteiger partial charge in [-0.1, -0.05) is 30.8 Å². The molecule has 0 spiro atoms. The average Bonchev–Trinajstić information content (AvgIpc) is 3.38. The third kappa shape index (κ3) is 7.63. The largest absolute Gasteiger partial charge is 0.364 e. The Balaban J connectivity index is 0.00000341. The summed E-state index contributed by atoms with van der Waals surface area (Å²) in [7, 11) is 1.86. The van der Waals surface area contributed by atoms with Gasteiger partial charge in [-0.05, 0) is 18.6 Å². The van der Waals surface area contributed by atoms with E-state index >= 15 is 0 Å². The number of guanidine groups is 1. The van der Waals surface area contributed by atoms with E-state index in [-0.39, 0.29) is 24.0 Å². The predicted octanol–water partition coefficient (Wildman–Crippen LogP) is 2.59. The number of piperazine rings is 1. The van der Waals surface area contributed by atoms with Crippen LogP contribution in [-0.2, 0) is 19.5 Å². The molecule has 0 unspecified atom stereocenters. The van der Waals surface area contributed by atoms with Gasteiger partial charge in [-0.3, -0.25) is 9.89 Å². The van der Waals surface area contributed by atoms with Crippen LogP contribution in [0.2, 0.25) is 0 Å². The third-order valence-corrected chi connectivity index (χ3v) is 5.81. The van der Waals surface area contributed by atoms with Gasteiger partial charge in [-0.2, -0.15) is 0 Å². The van der Waals surface area contributed by atoms with E-state index < -0.39 is 0 Å². The van der Waals surface area contributed by atoms with Crippen LogP contribution in [0.5, 0.6) is 0 Å². The molecule has 2 aromatic heterocycles. The van der Waals surface area contributed by atoms with Crippen LogP contribution < -0.4 is 5.32 Å². The Morgan fingerprint density at radius 1 is 1.26 bits per heavy atom. The first kappa shape index (κ1) is 25.9. The molecule has 0 aliphatic carbocycles. The fourth-order valence-corrected chi connectivity index (χ4v) is 4.17. The highest BCUT2D eigenvalue weighted by atomic mass is 127. The Hall–Kier alpha value is -1.34. The summed E-state index contributed by atoms with van der Waals surface area (Å²) in [5.74, 6) is 2.63. The quantitative estimate of drug-likeness (QED) is 0.164. The van der Waals surface area contributed by atoms with Crippen molar-refractivity contribution >= 4 is 41.7 Å². The van der Waals surface area contributed by atoms with Crippen LogP contribution in [0.1, 0.15) is 31.8 Å². The Morgan fingerprint density at radius 3 is 2.65 bits per heavy atom. The summed E-state index contributed by atoms with van der Waals surface area (Å²) in [5.41, 5.74) is 0.987. The number of nitrogens with zero attached hydrogens (tertiary/aromatic N) is 7. The lowest BCUT2D eigenvalue weighted by Gasteiger charge is -2.36. The van der Waals surface area contributed by atoms with Gasteiger partial charge in [0.25, 0.3) is 0 Å². The van der Waals surface area contributed by atoms with Gasteiger partial charge in [0.2, 0.25) is 0 Å². The molecule has 1 fully saturated rings. The molecule has 1 saturated heterocycles. The van der Waals surface area contributed by atoms with Crippen molar-refractivity contribution < 1.29 is 4.52 Å². The summed E-state index contributed by atoms with van der Waals surface area (Å²) in [6.45, 7) is 11.0. The zero-order valence-electron chi connectivity index (χ0n) is 19.0. The minimum Gasteiger partial charge on any atom is -0.364 e. The summed E-state index contributed by atoms with van der Waals surface area (Å²) in [4.78, 5) is 9.20. The monoisotopic (exact) mass is 562 g/mol. The molecular formula is C20H35IN8OS. The first-order valence-electron chi connectivity index (χ1n) is 10.6. The van der Waals surface area contributed by atoms with Crippen LogP contribution in [0, 0.1) is 5.92 Å². The van der Waals surface area contributed by atoms with E-state index in [9.17, 15) is 0 Å². The van der Waals surface area contributed by atoms with Crippen LogP contribution >= 0.6 is 35.7 Å². The average molecular weight is 563 g/mol. The molecule has 3 rings (SSSR count). The summed E-state index contributed by atoms with van der Waals surface area (Å²) in [6, 6.07) is 1.93.